The number of benzene rings is 3. The number of hydrogen-bond donors (Lipinski definition) is 3. The van der Waals surface area contributed by atoms with Gasteiger partial charge in [-0.05, 0) is 124 Å². The van der Waals surface area contributed by atoms with Crippen LogP contribution >= 0.6 is 0 Å². The van der Waals surface area contributed by atoms with E-state index in [9.17, 15) is 14.4 Å². The van der Waals surface area contributed by atoms with Gasteiger partial charge in [-0.2, -0.15) is 0 Å². The predicted molar refractivity (Wildman–Crippen MR) is 198 cm³/mol. The lowest BCUT2D eigenvalue weighted by atomic mass is 9.74. The van der Waals surface area contributed by atoms with Crippen molar-refractivity contribution in [1.29, 1.82) is 0 Å². The van der Waals surface area contributed by atoms with E-state index in [-0.39, 0.29) is 47.4 Å². The van der Waals surface area contributed by atoms with Gasteiger partial charge in [0.15, 0.2) is 5.78 Å². The maximum absolute atomic E-state index is 14.5. The molecule has 50 heavy (non-hydrogen) atoms. The van der Waals surface area contributed by atoms with Crippen molar-refractivity contribution in [3.8, 4) is 5.75 Å². The van der Waals surface area contributed by atoms with Crippen molar-refractivity contribution in [2.75, 3.05) is 7.05 Å². The summed E-state index contributed by atoms with van der Waals surface area (Å²) in [6.07, 6.45) is 11.6. The number of hydrogen-bond acceptors (Lipinski definition) is 5. The Labute approximate surface area is 298 Å². The van der Waals surface area contributed by atoms with Crippen molar-refractivity contribution in [3.05, 3.63) is 101 Å². The second kappa shape index (κ2) is 17.3. The van der Waals surface area contributed by atoms with Crippen molar-refractivity contribution in [1.82, 2.24) is 16.0 Å². The molecule has 1 unspecified atom stereocenters. The van der Waals surface area contributed by atoms with Gasteiger partial charge < -0.3 is 20.7 Å². The number of aryl methyl sites for hydroxylation is 2. The highest BCUT2D eigenvalue weighted by Gasteiger charge is 2.38. The van der Waals surface area contributed by atoms with Gasteiger partial charge in [-0.1, -0.05) is 79.9 Å². The van der Waals surface area contributed by atoms with E-state index in [1.807, 2.05) is 31.2 Å². The maximum Gasteiger partial charge on any atom is 0.237 e. The largest absolute Gasteiger partial charge is 0.489 e. The van der Waals surface area contributed by atoms with Crippen LogP contribution in [0, 0.1) is 17.8 Å². The van der Waals surface area contributed by atoms with Gasteiger partial charge in [0.2, 0.25) is 11.8 Å². The van der Waals surface area contributed by atoms with E-state index in [1.165, 1.54) is 23.1 Å². The Morgan fingerprint density at radius 2 is 1.54 bits per heavy atom. The molecule has 266 valence electrons. The minimum absolute atomic E-state index is 0.0280. The Morgan fingerprint density at radius 1 is 0.800 bits per heavy atom. The van der Waals surface area contributed by atoms with E-state index in [0.717, 1.165) is 81.1 Å². The molecule has 2 amide bonds. The van der Waals surface area contributed by atoms with E-state index in [2.05, 4.69) is 64.5 Å². The average molecular weight is 678 g/mol. The van der Waals surface area contributed by atoms with Gasteiger partial charge in [-0.15, -0.1) is 0 Å². The van der Waals surface area contributed by atoms with Gasteiger partial charge in [0, 0.05) is 12.3 Å². The number of carbonyl (C=O) groups excluding carboxylic acids is 3. The summed E-state index contributed by atoms with van der Waals surface area (Å²) in [5, 5.41) is 9.65. The molecule has 0 bridgehead atoms. The van der Waals surface area contributed by atoms with Crippen molar-refractivity contribution >= 4 is 17.6 Å². The molecule has 3 aliphatic rings. The van der Waals surface area contributed by atoms with Crippen LogP contribution < -0.4 is 20.7 Å². The summed E-state index contributed by atoms with van der Waals surface area (Å²) in [7, 11) is 1.76. The highest BCUT2D eigenvalue weighted by molar-refractivity contribution is 5.91. The molecule has 3 aromatic carbocycles. The highest BCUT2D eigenvalue weighted by atomic mass is 16.5. The third-order valence-corrected chi connectivity index (χ3v) is 11.5. The van der Waals surface area contributed by atoms with Crippen LogP contribution in [-0.2, 0) is 40.3 Å². The molecular weight excluding hydrogens is 622 g/mol. The first-order chi connectivity index (χ1) is 24.4. The summed E-state index contributed by atoms with van der Waals surface area (Å²) in [5.74, 6) is 0.461. The molecular formula is C43H55N3O4. The highest BCUT2D eigenvalue weighted by Crippen LogP contribution is 2.36. The zero-order chi connectivity index (χ0) is 34.9. The van der Waals surface area contributed by atoms with Crippen molar-refractivity contribution in [2.45, 2.75) is 115 Å². The van der Waals surface area contributed by atoms with Crippen LogP contribution in [0.1, 0.15) is 105 Å². The Kier molecular flexibility index (Phi) is 12.4. The van der Waals surface area contributed by atoms with Gasteiger partial charge in [-0.3, -0.25) is 14.4 Å². The van der Waals surface area contributed by atoms with Crippen molar-refractivity contribution < 1.29 is 19.1 Å². The smallest absolute Gasteiger partial charge is 0.237 e. The zero-order valence-corrected chi connectivity index (χ0v) is 29.9. The molecule has 5 atom stereocenters. The maximum atomic E-state index is 14.5. The molecule has 3 aliphatic carbocycles. The number of Topliss-reactive ketones (excluding diaryl/α,β-unsaturated/α-hetero) is 1. The van der Waals surface area contributed by atoms with E-state index < -0.39 is 6.04 Å². The van der Waals surface area contributed by atoms with E-state index in [1.54, 1.807) is 7.05 Å². The Hall–Kier alpha value is -3.97. The average Bonchev–Trinajstić information content (AvgIpc) is 3.14. The number of ether oxygens (including phenoxy) is 1. The molecule has 3 aromatic rings. The fraction of sp³-hybridized carbons (Fsp3) is 0.512. The molecule has 6 rings (SSSR count). The lowest BCUT2D eigenvalue weighted by molar-refractivity contribution is -0.132. The second-order valence-electron chi connectivity index (χ2n) is 14.9. The molecule has 0 aromatic heterocycles. The van der Waals surface area contributed by atoms with Crippen LogP contribution in [0.25, 0.3) is 0 Å². The quantitative estimate of drug-likeness (QED) is 0.189. The van der Waals surface area contributed by atoms with E-state index in [0.29, 0.717) is 19.4 Å². The third kappa shape index (κ3) is 9.03. The lowest BCUT2D eigenvalue weighted by Gasteiger charge is -2.35. The van der Waals surface area contributed by atoms with Crippen LogP contribution in [-0.4, -0.2) is 36.7 Å². The van der Waals surface area contributed by atoms with Gasteiger partial charge >= 0.3 is 0 Å². The van der Waals surface area contributed by atoms with Gasteiger partial charge in [0.05, 0.1) is 18.1 Å². The minimum atomic E-state index is -0.519. The van der Waals surface area contributed by atoms with Crippen LogP contribution in [0.15, 0.2) is 72.8 Å². The zero-order valence-electron chi connectivity index (χ0n) is 29.9. The molecule has 7 nitrogen and oxygen atoms in total. The molecule has 0 saturated heterocycles. The molecule has 1 fully saturated rings. The molecule has 3 N–H and O–H groups in total. The number of ketones is 1. The topological polar surface area (TPSA) is 96.5 Å². The molecule has 0 heterocycles. The molecule has 1 saturated carbocycles. The summed E-state index contributed by atoms with van der Waals surface area (Å²) >= 11 is 0. The normalized spacial score (nSPS) is 22.1. The molecule has 0 spiro atoms. The number of amides is 2. The first kappa shape index (κ1) is 35.8. The number of carbonyl (C=O) groups is 3. The lowest BCUT2D eigenvalue weighted by Crippen LogP contribution is -2.52. The van der Waals surface area contributed by atoms with Crippen LogP contribution in [0.4, 0.5) is 0 Å². The number of likely N-dealkylation sites (N-methyl/N-ethyl adjacent to an activating group) is 1. The fourth-order valence-electron chi connectivity index (χ4n) is 8.48. The number of rotatable bonds is 12. The summed E-state index contributed by atoms with van der Waals surface area (Å²) in [5.41, 5.74) is 6.01. The van der Waals surface area contributed by atoms with Crippen molar-refractivity contribution in [3.63, 3.8) is 0 Å². The summed E-state index contributed by atoms with van der Waals surface area (Å²) in [6, 6.07) is 24.0. The van der Waals surface area contributed by atoms with Gasteiger partial charge in [0.25, 0.3) is 0 Å². The second-order valence-corrected chi connectivity index (χ2v) is 14.9. The van der Waals surface area contributed by atoms with Gasteiger partial charge in [0.1, 0.15) is 12.4 Å². The SMILES string of the molecule is CN[C@@H](C)C(=O)N[C@H](C(=O)CC1CCCc2cc(OCc3ccccc3)ccc2C[C@@H]1C(=O)N[C@H]1CCCc2ccccc21)C1CCCCC1. The summed E-state index contributed by atoms with van der Waals surface area (Å²) in [4.78, 5) is 42.0. The molecule has 0 aliphatic heterocycles. The summed E-state index contributed by atoms with van der Waals surface area (Å²) < 4.78 is 6.19. The minimum Gasteiger partial charge on any atom is -0.489 e. The fourth-order valence-corrected chi connectivity index (χ4v) is 8.48. The Morgan fingerprint density at radius 3 is 2.34 bits per heavy atom. The Balaban J connectivity index is 1.25. The standard InChI is InChI=1S/C43H55N3O4/c1-29(44-2)42(48)46-41(32-16-7-4-8-17-32)40(47)27-35-20-11-19-33-25-36(50-28-30-13-5-3-6-14-30)24-23-34(33)26-38(35)43(49)45-39-22-12-18-31-15-9-10-21-37(31)39/h3,5-6,9-10,13-15,21,23-25,29,32,35,38-39,41,44H,4,7-8,11-12,16-20,22,26-28H2,1-2H3,(H,45,49)(H,46,48)/t29-,35?,38-,39-,41-/m0/s1. The van der Waals surface area contributed by atoms with Crippen molar-refractivity contribution in [2.24, 2.45) is 17.8 Å². The van der Waals surface area contributed by atoms with Crippen LogP contribution in [0.2, 0.25) is 0 Å². The third-order valence-electron chi connectivity index (χ3n) is 11.5. The number of nitrogens with one attached hydrogen (secondary N) is 3. The summed E-state index contributed by atoms with van der Waals surface area (Å²) in [6.45, 7) is 2.33. The van der Waals surface area contributed by atoms with E-state index in [4.69, 9.17) is 4.74 Å². The first-order valence-corrected chi connectivity index (χ1v) is 19.1. The Bertz CT molecular complexity index is 1600. The first-order valence-electron chi connectivity index (χ1n) is 19.1. The van der Waals surface area contributed by atoms with Crippen LogP contribution in [0.5, 0.6) is 5.75 Å². The van der Waals surface area contributed by atoms with Gasteiger partial charge in [-0.25, -0.2) is 0 Å². The van der Waals surface area contributed by atoms with E-state index >= 15 is 0 Å². The monoisotopic (exact) mass is 677 g/mol. The molecule has 0 radical (unpaired) electrons. The number of fused-ring (bicyclic) bond motifs is 2. The predicted octanol–water partition coefficient (Wildman–Crippen LogP) is 7.20. The molecule has 7 heteroatoms. The van der Waals surface area contributed by atoms with Crippen LogP contribution in [0.3, 0.4) is 0 Å².